The molecule has 1 unspecified atom stereocenters. The van der Waals surface area contributed by atoms with Gasteiger partial charge in [-0.1, -0.05) is 12.1 Å². The van der Waals surface area contributed by atoms with Crippen LogP contribution in [0, 0.1) is 0 Å². The average molecular weight is 273 g/mol. The molecule has 1 atom stereocenters. The average Bonchev–Trinajstić information content (AvgIpc) is 2.97. The zero-order valence-corrected chi connectivity index (χ0v) is 12.0. The molecule has 0 radical (unpaired) electrons. The summed E-state index contributed by atoms with van der Waals surface area (Å²) in [5.74, 6) is 0.981. The van der Waals surface area contributed by atoms with E-state index in [9.17, 15) is 0 Å². The number of hydrogen-bond acceptors (Lipinski definition) is 3. The van der Waals surface area contributed by atoms with E-state index in [0.29, 0.717) is 12.6 Å². The summed E-state index contributed by atoms with van der Waals surface area (Å²) >= 11 is 1.74. The van der Waals surface area contributed by atoms with E-state index in [1.165, 1.54) is 35.3 Å². The van der Waals surface area contributed by atoms with E-state index in [1.807, 2.05) is 7.05 Å². The third kappa shape index (κ3) is 2.82. The van der Waals surface area contributed by atoms with Gasteiger partial charge in [-0.25, -0.2) is 0 Å². The second-order valence-electron chi connectivity index (χ2n) is 4.96. The van der Waals surface area contributed by atoms with Crippen molar-refractivity contribution in [3.8, 4) is 5.75 Å². The van der Waals surface area contributed by atoms with Crippen molar-refractivity contribution in [1.82, 2.24) is 5.32 Å². The van der Waals surface area contributed by atoms with Crippen molar-refractivity contribution < 1.29 is 4.74 Å². The number of benzene rings is 1. The first kappa shape index (κ1) is 12.7. The van der Waals surface area contributed by atoms with Gasteiger partial charge < -0.3 is 10.1 Å². The largest absolute Gasteiger partial charge is 0.488 e. The fourth-order valence-electron chi connectivity index (χ4n) is 2.72. The summed E-state index contributed by atoms with van der Waals surface area (Å²) in [6, 6.07) is 11.2. The molecule has 0 fully saturated rings. The lowest BCUT2D eigenvalue weighted by atomic mass is 9.87. The Balaban J connectivity index is 1.76. The second kappa shape index (κ2) is 5.76. The van der Waals surface area contributed by atoms with E-state index in [1.54, 1.807) is 11.3 Å². The number of hydrogen-bond donors (Lipinski definition) is 1. The zero-order chi connectivity index (χ0) is 13.1. The Morgan fingerprint density at radius 1 is 1.37 bits per heavy atom. The predicted octanol–water partition coefficient (Wildman–Crippen LogP) is 3.92. The van der Waals surface area contributed by atoms with Gasteiger partial charge >= 0.3 is 0 Å². The summed E-state index contributed by atoms with van der Waals surface area (Å²) < 4.78 is 5.89. The van der Waals surface area contributed by atoms with Gasteiger partial charge in [-0.05, 0) is 61.0 Å². The molecule has 19 heavy (non-hydrogen) atoms. The van der Waals surface area contributed by atoms with Gasteiger partial charge in [0.1, 0.15) is 12.4 Å². The Bertz CT molecular complexity index is 536. The highest BCUT2D eigenvalue weighted by Gasteiger charge is 2.19. The Morgan fingerprint density at radius 2 is 2.32 bits per heavy atom. The van der Waals surface area contributed by atoms with Crippen molar-refractivity contribution in [2.45, 2.75) is 31.9 Å². The number of rotatable bonds is 4. The quantitative estimate of drug-likeness (QED) is 0.911. The van der Waals surface area contributed by atoms with Crippen LogP contribution in [0.5, 0.6) is 5.75 Å². The molecular weight excluding hydrogens is 254 g/mol. The van der Waals surface area contributed by atoms with E-state index in [2.05, 4.69) is 41.0 Å². The molecule has 0 spiro atoms. The molecule has 0 amide bonds. The van der Waals surface area contributed by atoms with Gasteiger partial charge in [0, 0.05) is 10.9 Å². The van der Waals surface area contributed by atoms with E-state index >= 15 is 0 Å². The maximum Gasteiger partial charge on any atom is 0.122 e. The molecule has 1 aromatic heterocycles. The summed E-state index contributed by atoms with van der Waals surface area (Å²) in [6.07, 6.45) is 3.69. The summed E-state index contributed by atoms with van der Waals surface area (Å²) in [5, 5.41) is 5.49. The van der Waals surface area contributed by atoms with E-state index in [-0.39, 0.29) is 0 Å². The maximum absolute atomic E-state index is 5.89. The van der Waals surface area contributed by atoms with E-state index in [4.69, 9.17) is 4.74 Å². The smallest absolute Gasteiger partial charge is 0.122 e. The van der Waals surface area contributed by atoms with Gasteiger partial charge in [0.05, 0.1) is 0 Å². The number of ether oxygens (including phenoxy) is 1. The first-order valence-electron chi connectivity index (χ1n) is 6.82. The van der Waals surface area contributed by atoms with Crippen LogP contribution in [0.2, 0.25) is 0 Å². The fraction of sp³-hybridized carbons (Fsp3) is 0.375. The van der Waals surface area contributed by atoms with Crippen LogP contribution in [0.4, 0.5) is 0 Å². The molecule has 0 aliphatic heterocycles. The predicted molar refractivity (Wildman–Crippen MR) is 79.8 cm³/mol. The van der Waals surface area contributed by atoms with Crippen molar-refractivity contribution >= 4 is 11.3 Å². The van der Waals surface area contributed by atoms with Crippen LogP contribution in [0.25, 0.3) is 0 Å². The normalized spacial score (nSPS) is 18.1. The number of nitrogens with one attached hydrogen (secondary N) is 1. The Labute approximate surface area is 118 Å². The minimum atomic E-state index is 0.481. The van der Waals surface area contributed by atoms with Gasteiger partial charge in [0.2, 0.25) is 0 Å². The van der Waals surface area contributed by atoms with Crippen LogP contribution >= 0.6 is 11.3 Å². The molecule has 1 aliphatic rings. The minimum absolute atomic E-state index is 0.481. The van der Waals surface area contributed by atoms with Crippen LogP contribution < -0.4 is 10.1 Å². The molecule has 3 heteroatoms. The summed E-state index contributed by atoms with van der Waals surface area (Å²) in [5.41, 5.74) is 2.88. The molecule has 100 valence electrons. The van der Waals surface area contributed by atoms with Crippen LogP contribution in [0.15, 0.2) is 35.7 Å². The first-order chi connectivity index (χ1) is 9.36. The molecule has 2 aromatic rings. The van der Waals surface area contributed by atoms with Crippen molar-refractivity contribution in [2.24, 2.45) is 0 Å². The lowest BCUT2D eigenvalue weighted by Gasteiger charge is -2.25. The zero-order valence-electron chi connectivity index (χ0n) is 11.2. The molecular formula is C16H19NOS. The third-order valence-electron chi connectivity index (χ3n) is 3.74. The molecule has 1 aromatic carbocycles. The lowest BCUT2D eigenvalue weighted by Crippen LogP contribution is -2.21. The third-order valence-corrected chi connectivity index (χ3v) is 4.59. The highest BCUT2D eigenvalue weighted by atomic mass is 32.1. The molecule has 1 aliphatic carbocycles. The summed E-state index contributed by atoms with van der Waals surface area (Å²) in [6.45, 7) is 0.667. The standard InChI is InChI=1S/C16H19NOS/c1-17-16-6-2-4-12-7-8-13(10-15(12)16)18-11-14-5-3-9-19-14/h3,5,7-10,16-17H,2,4,6,11H2,1H3. The Morgan fingerprint density at radius 3 is 3.11 bits per heavy atom. The van der Waals surface area contributed by atoms with Crippen LogP contribution in [0.1, 0.15) is 34.9 Å². The Hall–Kier alpha value is -1.32. The molecule has 0 bridgehead atoms. The van der Waals surface area contributed by atoms with E-state index < -0.39 is 0 Å². The SMILES string of the molecule is CNC1CCCc2ccc(OCc3cccs3)cc21. The van der Waals surface area contributed by atoms with Crippen molar-refractivity contribution in [3.05, 3.63) is 51.7 Å². The Kier molecular flexibility index (Phi) is 3.85. The molecule has 1 N–H and O–H groups in total. The maximum atomic E-state index is 5.89. The van der Waals surface area contributed by atoms with Gasteiger partial charge in [-0.15, -0.1) is 11.3 Å². The van der Waals surface area contributed by atoms with Crippen LogP contribution in [-0.2, 0) is 13.0 Å². The first-order valence-corrected chi connectivity index (χ1v) is 7.70. The lowest BCUT2D eigenvalue weighted by molar-refractivity contribution is 0.308. The van der Waals surface area contributed by atoms with Crippen LogP contribution in [0.3, 0.4) is 0 Å². The van der Waals surface area contributed by atoms with Crippen LogP contribution in [-0.4, -0.2) is 7.05 Å². The van der Waals surface area contributed by atoms with Gasteiger partial charge in [-0.3, -0.25) is 0 Å². The van der Waals surface area contributed by atoms with Crippen molar-refractivity contribution in [1.29, 1.82) is 0 Å². The summed E-state index contributed by atoms with van der Waals surface area (Å²) in [7, 11) is 2.04. The monoisotopic (exact) mass is 273 g/mol. The van der Waals surface area contributed by atoms with Crippen molar-refractivity contribution in [3.63, 3.8) is 0 Å². The molecule has 0 saturated carbocycles. The number of aryl methyl sites for hydroxylation is 1. The summed E-state index contributed by atoms with van der Waals surface area (Å²) in [4.78, 5) is 1.27. The number of fused-ring (bicyclic) bond motifs is 1. The highest BCUT2D eigenvalue weighted by molar-refractivity contribution is 7.09. The number of thiophene rings is 1. The molecule has 3 rings (SSSR count). The van der Waals surface area contributed by atoms with Gasteiger partial charge in [0.25, 0.3) is 0 Å². The fourth-order valence-corrected chi connectivity index (χ4v) is 3.33. The topological polar surface area (TPSA) is 21.3 Å². The van der Waals surface area contributed by atoms with Crippen molar-refractivity contribution in [2.75, 3.05) is 7.05 Å². The highest BCUT2D eigenvalue weighted by Crippen LogP contribution is 2.32. The molecule has 2 nitrogen and oxygen atoms in total. The minimum Gasteiger partial charge on any atom is -0.488 e. The second-order valence-corrected chi connectivity index (χ2v) is 5.99. The van der Waals surface area contributed by atoms with Gasteiger partial charge in [-0.2, -0.15) is 0 Å². The molecule has 0 saturated heterocycles. The molecule has 1 heterocycles. The van der Waals surface area contributed by atoms with E-state index in [0.717, 1.165) is 5.75 Å². The van der Waals surface area contributed by atoms with Gasteiger partial charge in [0.15, 0.2) is 0 Å².